The number of aliphatic hydroxyl groups is 1. The summed E-state index contributed by atoms with van der Waals surface area (Å²) in [6.45, 7) is 0. The number of hydrogen-bond acceptors (Lipinski definition) is 2. The second-order valence-electron chi connectivity index (χ2n) is 3.20. The largest absolute Gasteiger partial charge is 0.512 e. The van der Waals surface area contributed by atoms with Crippen LogP contribution in [0.4, 0.5) is 0 Å². The molecule has 0 aliphatic heterocycles. The van der Waals surface area contributed by atoms with Crippen molar-refractivity contribution in [2.45, 2.75) is 12.8 Å². The smallest absolute Gasteiger partial charge is 0.119 e. The van der Waals surface area contributed by atoms with E-state index in [-0.39, 0.29) is 0 Å². The summed E-state index contributed by atoms with van der Waals surface area (Å²) in [4.78, 5) is 0. The lowest BCUT2D eigenvalue weighted by Gasteiger charge is -2.13. The SMILES string of the molecule is COc1ccc2c(c1)C=C(O)CC2. The molecular formula is C11H12O2. The van der Waals surface area contributed by atoms with Crippen LogP contribution in [0, 0.1) is 0 Å². The van der Waals surface area contributed by atoms with Gasteiger partial charge in [0.2, 0.25) is 0 Å². The molecule has 0 saturated heterocycles. The summed E-state index contributed by atoms with van der Waals surface area (Å²) >= 11 is 0. The van der Waals surface area contributed by atoms with Crippen molar-refractivity contribution < 1.29 is 9.84 Å². The van der Waals surface area contributed by atoms with Crippen LogP contribution in [0.5, 0.6) is 5.75 Å². The molecule has 0 fully saturated rings. The Kier molecular flexibility index (Phi) is 1.97. The Labute approximate surface area is 77.5 Å². The molecule has 1 aromatic rings. The third kappa shape index (κ3) is 1.52. The van der Waals surface area contributed by atoms with Gasteiger partial charge in [0, 0.05) is 6.42 Å². The number of benzene rings is 1. The molecule has 2 heteroatoms. The zero-order chi connectivity index (χ0) is 9.26. The summed E-state index contributed by atoms with van der Waals surface area (Å²) in [5.74, 6) is 1.30. The first kappa shape index (κ1) is 8.17. The van der Waals surface area contributed by atoms with E-state index in [1.807, 2.05) is 12.1 Å². The molecule has 1 aliphatic carbocycles. The first-order valence-corrected chi connectivity index (χ1v) is 4.36. The monoisotopic (exact) mass is 176 g/mol. The number of aliphatic hydroxyl groups excluding tert-OH is 1. The quantitative estimate of drug-likeness (QED) is 0.712. The highest BCUT2D eigenvalue weighted by molar-refractivity contribution is 5.59. The second kappa shape index (κ2) is 3.13. The topological polar surface area (TPSA) is 29.5 Å². The lowest BCUT2D eigenvalue weighted by molar-refractivity contribution is 0.391. The Balaban J connectivity index is 2.45. The van der Waals surface area contributed by atoms with Crippen LogP contribution in [-0.2, 0) is 6.42 Å². The average Bonchev–Trinajstić information content (AvgIpc) is 2.16. The second-order valence-corrected chi connectivity index (χ2v) is 3.20. The lowest BCUT2D eigenvalue weighted by atomic mass is 9.96. The fraction of sp³-hybridized carbons (Fsp3) is 0.273. The van der Waals surface area contributed by atoms with Crippen molar-refractivity contribution in [2.75, 3.05) is 7.11 Å². The molecule has 0 amide bonds. The molecule has 1 aromatic carbocycles. The van der Waals surface area contributed by atoms with Crippen molar-refractivity contribution in [1.82, 2.24) is 0 Å². The Hall–Kier alpha value is -1.44. The minimum atomic E-state index is 0.459. The van der Waals surface area contributed by atoms with E-state index in [4.69, 9.17) is 4.74 Å². The molecule has 2 nitrogen and oxygen atoms in total. The van der Waals surface area contributed by atoms with Crippen LogP contribution < -0.4 is 4.74 Å². The fourth-order valence-electron chi connectivity index (χ4n) is 1.58. The van der Waals surface area contributed by atoms with Crippen molar-refractivity contribution in [2.24, 2.45) is 0 Å². The highest BCUT2D eigenvalue weighted by Gasteiger charge is 2.09. The van der Waals surface area contributed by atoms with Gasteiger partial charge in [-0.1, -0.05) is 6.07 Å². The van der Waals surface area contributed by atoms with E-state index in [0.717, 1.165) is 24.2 Å². The van der Waals surface area contributed by atoms with Crippen LogP contribution >= 0.6 is 0 Å². The molecule has 1 N–H and O–H groups in total. The predicted octanol–water partition coefficient (Wildman–Crippen LogP) is 2.54. The highest BCUT2D eigenvalue weighted by Crippen LogP contribution is 2.25. The maximum atomic E-state index is 9.34. The summed E-state index contributed by atoms with van der Waals surface area (Å²) in [7, 11) is 1.65. The van der Waals surface area contributed by atoms with Gasteiger partial charge in [-0.2, -0.15) is 0 Å². The number of ether oxygens (including phenoxy) is 1. The summed E-state index contributed by atoms with van der Waals surface area (Å²) in [5.41, 5.74) is 2.35. The summed E-state index contributed by atoms with van der Waals surface area (Å²) in [5, 5.41) is 9.34. The van der Waals surface area contributed by atoms with E-state index in [1.54, 1.807) is 13.2 Å². The van der Waals surface area contributed by atoms with Crippen LogP contribution in [0.25, 0.3) is 6.08 Å². The number of aryl methyl sites for hydroxylation is 1. The van der Waals surface area contributed by atoms with E-state index >= 15 is 0 Å². The number of allylic oxidation sites excluding steroid dienone is 1. The van der Waals surface area contributed by atoms with Gasteiger partial charge in [-0.05, 0) is 35.8 Å². The standard InChI is InChI=1S/C11H12O2/c1-13-11-5-3-8-2-4-10(12)6-9(8)7-11/h3,5-7,12H,2,4H2,1H3. The maximum absolute atomic E-state index is 9.34. The van der Waals surface area contributed by atoms with Crippen LogP contribution in [0.1, 0.15) is 17.5 Å². The number of rotatable bonds is 1. The van der Waals surface area contributed by atoms with Crippen LogP contribution in [0.3, 0.4) is 0 Å². The molecule has 0 heterocycles. The molecule has 0 spiro atoms. The average molecular weight is 176 g/mol. The zero-order valence-corrected chi connectivity index (χ0v) is 7.58. The van der Waals surface area contributed by atoms with Crippen LogP contribution in [0.15, 0.2) is 24.0 Å². The Morgan fingerprint density at radius 2 is 2.15 bits per heavy atom. The zero-order valence-electron chi connectivity index (χ0n) is 7.58. The number of fused-ring (bicyclic) bond motifs is 1. The Morgan fingerprint density at radius 1 is 1.31 bits per heavy atom. The van der Waals surface area contributed by atoms with Gasteiger partial charge in [-0.3, -0.25) is 0 Å². The molecule has 0 unspecified atom stereocenters. The summed E-state index contributed by atoms with van der Waals surface area (Å²) < 4.78 is 5.10. The molecule has 0 aromatic heterocycles. The summed E-state index contributed by atoms with van der Waals surface area (Å²) in [6, 6.07) is 5.96. The molecule has 0 saturated carbocycles. The maximum Gasteiger partial charge on any atom is 0.119 e. The highest BCUT2D eigenvalue weighted by atomic mass is 16.5. The molecule has 1 aliphatic rings. The van der Waals surface area contributed by atoms with Gasteiger partial charge in [0.15, 0.2) is 0 Å². The van der Waals surface area contributed by atoms with E-state index < -0.39 is 0 Å². The Morgan fingerprint density at radius 3 is 2.92 bits per heavy atom. The Bertz CT molecular complexity index is 353. The minimum Gasteiger partial charge on any atom is -0.512 e. The van der Waals surface area contributed by atoms with Gasteiger partial charge < -0.3 is 9.84 Å². The van der Waals surface area contributed by atoms with Gasteiger partial charge in [-0.15, -0.1) is 0 Å². The van der Waals surface area contributed by atoms with Crippen LogP contribution in [-0.4, -0.2) is 12.2 Å². The summed E-state index contributed by atoms with van der Waals surface area (Å²) in [6.07, 6.45) is 3.47. The normalized spacial score (nSPS) is 14.7. The molecule has 0 atom stereocenters. The minimum absolute atomic E-state index is 0.459. The van der Waals surface area contributed by atoms with Crippen molar-refractivity contribution in [3.63, 3.8) is 0 Å². The molecular weight excluding hydrogens is 164 g/mol. The third-order valence-electron chi connectivity index (χ3n) is 2.33. The van der Waals surface area contributed by atoms with Gasteiger partial charge in [0.25, 0.3) is 0 Å². The van der Waals surface area contributed by atoms with Crippen LogP contribution in [0.2, 0.25) is 0 Å². The van der Waals surface area contributed by atoms with Crippen molar-refractivity contribution in [3.05, 3.63) is 35.1 Å². The van der Waals surface area contributed by atoms with Gasteiger partial charge in [0.05, 0.1) is 12.9 Å². The van der Waals surface area contributed by atoms with E-state index in [1.165, 1.54) is 5.56 Å². The molecule has 13 heavy (non-hydrogen) atoms. The molecule has 0 bridgehead atoms. The molecule has 2 rings (SSSR count). The first-order chi connectivity index (χ1) is 6.29. The van der Waals surface area contributed by atoms with Gasteiger partial charge in [-0.25, -0.2) is 0 Å². The van der Waals surface area contributed by atoms with E-state index in [0.29, 0.717) is 5.76 Å². The van der Waals surface area contributed by atoms with Gasteiger partial charge >= 0.3 is 0 Å². The third-order valence-corrected chi connectivity index (χ3v) is 2.33. The fourth-order valence-corrected chi connectivity index (χ4v) is 1.58. The van der Waals surface area contributed by atoms with Gasteiger partial charge in [0.1, 0.15) is 5.75 Å². The lowest BCUT2D eigenvalue weighted by Crippen LogP contribution is -1.99. The number of methoxy groups -OCH3 is 1. The van der Waals surface area contributed by atoms with Crippen molar-refractivity contribution >= 4 is 6.08 Å². The van der Waals surface area contributed by atoms with E-state index in [2.05, 4.69) is 6.07 Å². The predicted molar refractivity (Wildman–Crippen MR) is 51.9 cm³/mol. The van der Waals surface area contributed by atoms with Crippen molar-refractivity contribution in [3.8, 4) is 5.75 Å². The first-order valence-electron chi connectivity index (χ1n) is 4.36. The van der Waals surface area contributed by atoms with E-state index in [9.17, 15) is 5.11 Å². The molecule has 68 valence electrons. The van der Waals surface area contributed by atoms with Crippen molar-refractivity contribution in [1.29, 1.82) is 0 Å². The number of hydrogen-bond donors (Lipinski definition) is 1. The molecule has 0 radical (unpaired) electrons.